The molecule has 1 heterocycles. The molecule has 0 spiro atoms. The average Bonchev–Trinajstić information content (AvgIpc) is 3.47. The number of hydrogen-bond acceptors (Lipinski definition) is 6. The maximum Gasteiger partial charge on any atom is 0.338 e. The van der Waals surface area contributed by atoms with Crippen molar-refractivity contribution in [1.82, 2.24) is 0 Å². The molecule has 1 saturated carbocycles. The lowest BCUT2D eigenvalue weighted by molar-refractivity contribution is -0.151. The van der Waals surface area contributed by atoms with Crippen LogP contribution in [0.2, 0.25) is 0 Å². The Labute approximate surface area is 214 Å². The molecule has 1 fully saturated rings. The van der Waals surface area contributed by atoms with Crippen LogP contribution in [0.15, 0.2) is 83.9 Å². The lowest BCUT2D eigenvalue weighted by Crippen LogP contribution is -2.49. The number of carboxylic acids is 1. The van der Waals surface area contributed by atoms with E-state index in [9.17, 15) is 24.9 Å². The van der Waals surface area contributed by atoms with Crippen LogP contribution in [0.5, 0.6) is 0 Å². The van der Waals surface area contributed by atoms with Crippen molar-refractivity contribution >= 4 is 23.3 Å². The molecule has 0 radical (unpaired) electrons. The van der Waals surface area contributed by atoms with Crippen LogP contribution in [0.1, 0.15) is 41.4 Å². The van der Waals surface area contributed by atoms with E-state index in [1.54, 1.807) is 35.6 Å². The fraction of sp³-hybridized carbons (Fsp3) is 0.310. The molecule has 3 aromatic rings. The molecule has 7 heteroatoms. The van der Waals surface area contributed by atoms with E-state index in [-0.39, 0.29) is 23.7 Å². The highest BCUT2D eigenvalue weighted by Crippen LogP contribution is 2.46. The first-order chi connectivity index (χ1) is 17.3. The number of carbonyl (C=O) groups is 2. The van der Waals surface area contributed by atoms with Gasteiger partial charge in [-0.25, -0.2) is 4.79 Å². The predicted molar refractivity (Wildman–Crippen MR) is 139 cm³/mol. The van der Waals surface area contributed by atoms with Crippen molar-refractivity contribution in [1.29, 1.82) is 0 Å². The van der Waals surface area contributed by atoms with Crippen molar-refractivity contribution in [3.63, 3.8) is 0 Å². The summed E-state index contributed by atoms with van der Waals surface area (Å²) in [6, 6.07) is 20.4. The Balaban J connectivity index is 1.61. The van der Waals surface area contributed by atoms with Gasteiger partial charge in [0.25, 0.3) is 0 Å². The number of esters is 1. The molecule has 0 aliphatic heterocycles. The Morgan fingerprint density at radius 1 is 1.06 bits per heavy atom. The van der Waals surface area contributed by atoms with Crippen molar-refractivity contribution in [2.75, 3.05) is 0 Å². The van der Waals surface area contributed by atoms with Gasteiger partial charge in [-0.15, -0.1) is 11.3 Å². The minimum atomic E-state index is -1.77. The van der Waals surface area contributed by atoms with Crippen molar-refractivity contribution in [3.05, 3.63) is 94.4 Å². The second kappa shape index (κ2) is 11.1. The molecule has 4 atom stereocenters. The van der Waals surface area contributed by atoms with Gasteiger partial charge in [-0.2, -0.15) is 0 Å². The summed E-state index contributed by atoms with van der Waals surface area (Å²) in [7, 11) is 0. The molecule has 2 aromatic carbocycles. The number of aliphatic carboxylic acids is 1. The van der Waals surface area contributed by atoms with Gasteiger partial charge in [0.2, 0.25) is 0 Å². The highest BCUT2D eigenvalue weighted by molar-refractivity contribution is 7.09. The van der Waals surface area contributed by atoms with Gasteiger partial charge in [0, 0.05) is 4.88 Å². The quantitative estimate of drug-likeness (QED) is 0.247. The van der Waals surface area contributed by atoms with Crippen molar-refractivity contribution in [3.8, 4) is 11.1 Å². The summed E-state index contributed by atoms with van der Waals surface area (Å²) in [4.78, 5) is 26.3. The van der Waals surface area contributed by atoms with E-state index in [0.29, 0.717) is 6.42 Å². The number of allylic oxidation sites excluding steroid dienone is 1. The van der Waals surface area contributed by atoms with Crippen LogP contribution < -0.4 is 0 Å². The fourth-order valence-electron chi connectivity index (χ4n) is 5.00. The second-order valence-corrected chi connectivity index (χ2v) is 10.4. The third kappa shape index (κ3) is 5.69. The lowest BCUT2D eigenvalue weighted by atomic mass is 9.83. The Morgan fingerprint density at radius 3 is 2.50 bits per heavy atom. The fourth-order valence-corrected chi connectivity index (χ4v) is 5.84. The molecule has 1 aliphatic rings. The van der Waals surface area contributed by atoms with E-state index < -0.39 is 36.0 Å². The van der Waals surface area contributed by atoms with Crippen LogP contribution >= 0.6 is 11.3 Å². The van der Waals surface area contributed by atoms with Gasteiger partial charge in [-0.3, -0.25) is 4.79 Å². The first kappa shape index (κ1) is 25.7. The Morgan fingerprint density at radius 2 is 1.81 bits per heavy atom. The van der Waals surface area contributed by atoms with Crippen molar-refractivity contribution in [2.45, 2.75) is 44.3 Å². The lowest BCUT2D eigenvalue weighted by Gasteiger charge is -2.36. The maximum atomic E-state index is 13.3. The number of hydrogen-bond donors (Lipinski definition) is 3. The molecule has 36 heavy (non-hydrogen) atoms. The summed E-state index contributed by atoms with van der Waals surface area (Å²) in [6.45, 7) is 1.96. The number of aliphatic hydroxyl groups excluding tert-OH is 2. The minimum Gasteiger partial charge on any atom is -0.512 e. The molecule has 3 N–H and O–H groups in total. The predicted octanol–water partition coefficient (Wildman–Crippen LogP) is 5.88. The largest absolute Gasteiger partial charge is 0.512 e. The molecule has 188 valence electrons. The zero-order valence-corrected chi connectivity index (χ0v) is 20.9. The summed E-state index contributed by atoms with van der Waals surface area (Å²) in [6.07, 6.45) is 1.09. The first-order valence-electron chi connectivity index (χ1n) is 12.0. The number of thiophene rings is 1. The molecule has 4 rings (SSSR count). The van der Waals surface area contributed by atoms with Crippen LogP contribution in [0.3, 0.4) is 0 Å². The monoisotopic (exact) mass is 506 g/mol. The van der Waals surface area contributed by atoms with E-state index in [0.717, 1.165) is 17.5 Å². The van der Waals surface area contributed by atoms with E-state index in [4.69, 9.17) is 4.74 Å². The first-order valence-corrected chi connectivity index (χ1v) is 12.9. The molecule has 1 aromatic heterocycles. The maximum absolute atomic E-state index is 13.3. The zero-order valence-electron chi connectivity index (χ0n) is 20.0. The van der Waals surface area contributed by atoms with Gasteiger partial charge in [0.05, 0.1) is 29.8 Å². The molecule has 0 saturated heterocycles. The Bertz CT molecular complexity index is 1220. The number of rotatable bonds is 9. The normalized spacial score (nSPS) is 22.8. The molecule has 1 aliphatic carbocycles. The van der Waals surface area contributed by atoms with Crippen molar-refractivity contribution in [2.24, 2.45) is 11.8 Å². The summed E-state index contributed by atoms with van der Waals surface area (Å²) < 4.78 is 5.85. The van der Waals surface area contributed by atoms with Gasteiger partial charge in [0.15, 0.2) is 5.60 Å². The van der Waals surface area contributed by atoms with Gasteiger partial charge in [-0.1, -0.05) is 55.5 Å². The third-order valence-electron chi connectivity index (χ3n) is 6.71. The number of aliphatic hydroxyl groups is 2. The molecule has 0 bridgehead atoms. The van der Waals surface area contributed by atoms with Crippen molar-refractivity contribution < 1.29 is 29.6 Å². The number of ether oxygens (including phenoxy) is 1. The molecule has 6 nitrogen and oxygen atoms in total. The van der Waals surface area contributed by atoms with Gasteiger partial charge < -0.3 is 20.1 Å². The van der Waals surface area contributed by atoms with E-state index >= 15 is 0 Å². The average molecular weight is 507 g/mol. The standard InChI is InChI=1S/C29H30O6S/c1-19(15-23-11-6-14-36-23)16-25(30)24-12-13-26(31)29(24,18-27(32)33)35-28(34)22-10-5-9-21(17-22)20-7-3-2-4-8-20/h2-11,14,16-17,19,24,26,30-31H,12-13,15,18H2,1H3,(H,32,33)/b25-16+. The topological polar surface area (TPSA) is 104 Å². The number of carboxylic acid groups (broad SMARTS) is 1. The Hall–Kier alpha value is -3.42. The zero-order chi connectivity index (χ0) is 25.7. The summed E-state index contributed by atoms with van der Waals surface area (Å²) >= 11 is 1.63. The van der Waals surface area contributed by atoms with Crippen LogP contribution in [0, 0.1) is 11.8 Å². The van der Waals surface area contributed by atoms with E-state index in [1.165, 1.54) is 4.88 Å². The van der Waals surface area contributed by atoms with Crippen LogP contribution in [0.4, 0.5) is 0 Å². The van der Waals surface area contributed by atoms with E-state index in [2.05, 4.69) is 0 Å². The number of benzene rings is 2. The summed E-state index contributed by atoms with van der Waals surface area (Å²) in [5.74, 6) is -2.86. The highest BCUT2D eigenvalue weighted by atomic mass is 32.1. The molecule has 4 unspecified atom stereocenters. The summed E-state index contributed by atoms with van der Waals surface area (Å²) in [5.41, 5.74) is 0.209. The Kier molecular flexibility index (Phi) is 7.91. The smallest absolute Gasteiger partial charge is 0.338 e. The minimum absolute atomic E-state index is 0.0258. The van der Waals surface area contributed by atoms with Gasteiger partial charge in [-0.05, 0) is 66.0 Å². The van der Waals surface area contributed by atoms with Gasteiger partial charge >= 0.3 is 11.9 Å². The van der Waals surface area contributed by atoms with Crippen LogP contribution in [0.25, 0.3) is 11.1 Å². The highest BCUT2D eigenvalue weighted by Gasteiger charge is 2.56. The van der Waals surface area contributed by atoms with E-state index in [1.807, 2.05) is 60.8 Å². The summed E-state index contributed by atoms with van der Waals surface area (Å²) in [5, 5.41) is 33.6. The molecular formula is C29H30O6S. The van der Waals surface area contributed by atoms with Crippen LogP contribution in [-0.2, 0) is 16.0 Å². The second-order valence-electron chi connectivity index (χ2n) is 9.36. The van der Waals surface area contributed by atoms with Crippen LogP contribution in [-0.4, -0.2) is 39.0 Å². The third-order valence-corrected chi connectivity index (χ3v) is 7.61. The molecule has 0 amide bonds. The molecular weight excluding hydrogens is 476 g/mol. The number of carbonyl (C=O) groups excluding carboxylic acids is 1. The SMILES string of the molecule is CC(/C=C(/O)C1CCC(O)C1(CC(=O)O)OC(=O)c1cccc(-c2ccccc2)c1)Cc1cccs1. The van der Waals surface area contributed by atoms with Gasteiger partial charge in [0.1, 0.15) is 0 Å².